The van der Waals surface area contributed by atoms with Crippen LogP contribution in [0.3, 0.4) is 0 Å². The van der Waals surface area contributed by atoms with Gasteiger partial charge >= 0.3 is 0 Å². The van der Waals surface area contributed by atoms with Crippen molar-refractivity contribution in [3.8, 4) is 5.75 Å². The zero-order valence-corrected chi connectivity index (χ0v) is 11.4. The Morgan fingerprint density at radius 3 is 2.47 bits per heavy atom. The number of hydrogen-bond donors (Lipinski definition) is 1. The Morgan fingerprint density at radius 2 is 1.84 bits per heavy atom. The van der Waals surface area contributed by atoms with Gasteiger partial charge in [0.25, 0.3) is 0 Å². The first-order valence-corrected chi connectivity index (χ1v) is 6.29. The monoisotopic (exact) mass is 295 g/mol. The number of rotatable bonds is 4. The van der Waals surface area contributed by atoms with Crippen LogP contribution >= 0.6 is 23.2 Å². The number of hydrogen-bond acceptors (Lipinski definition) is 3. The van der Waals surface area contributed by atoms with Crippen LogP contribution in [0.1, 0.15) is 11.1 Å². The van der Waals surface area contributed by atoms with Gasteiger partial charge in [-0.25, -0.2) is 0 Å². The van der Waals surface area contributed by atoms with E-state index in [1.165, 1.54) is 6.21 Å². The summed E-state index contributed by atoms with van der Waals surface area (Å²) in [5.41, 5.74) is 1.70. The maximum absolute atomic E-state index is 8.44. The smallest absolute Gasteiger partial charge is 0.138 e. The maximum atomic E-state index is 8.44. The van der Waals surface area contributed by atoms with E-state index in [1.807, 2.05) is 24.3 Å². The van der Waals surface area contributed by atoms with Crippen LogP contribution in [0.25, 0.3) is 0 Å². The Morgan fingerprint density at radius 1 is 1.11 bits per heavy atom. The average molecular weight is 296 g/mol. The molecule has 0 unspecified atom stereocenters. The summed E-state index contributed by atoms with van der Waals surface area (Å²) in [4.78, 5) is 0. The highest BCUT2D eigenvalue weighted by Crippen LogP contribution is 2.26. The lowest BCUT2D eigenvalue weighted by molar-refractivity contribution is 0.306. The first-order valence-electron chi connectivity index (χ1n) is 5.53. The van der Waals surface area contributed by atoms with Gasteiger partial charge in [-0.05, 0) is 41.5 Å². The molecule has 1 N–H and O–H groups in total. The van der Waals surface area contributed by atoms with Crippen molar-refractivity contribution in [2.45, 2.75) is 6.61 Å². The van der Waals surface area contributed by atoms with Crippen molar-refractivity contribution in [2.24, 2.45) is 5.16 Å². The van der Waals surface area contributed by atoms with Crippen molar-refractivity contribution >= 4 is 29.4 Å². The van der Waals surface area contributed by atoms with E-state index in [1.54, 1.807) is 18.2 Å². The molecule has 0 aliphatic rings. The van der Waals surface area contributed by atoms with Gasteiger partial charge in [0.05, 0.1) is 11.2 Å². The van der Waals surface area contributed by atoms with Crippen LogP contribution in [0.4, 0.5) is 0 Å². The molecule has 0 saturated heterocycles. The molecule has 2 aromatic carbocycles. The minimum absolute atomic E-state index is 0.407. The minimum atomic E-state index is 0.407. The first-order chi connectivity index (χ1) is 9.19. The van der Waals surface area contributed by atoms with E-state index in [4.69, 9.17) is 33.1 Å². The summed E-state index contributed by atoms with van der Waals surface area (Å²) < 4.78 is 5.61. The van der Waals surface area contributed by atoms with Crippen LogP contribution < -0.4 is 4.74 Å². The van der Waals surface area contributed by atoms with Crippen LogP contribution in [-0.2, 0) is 6.61 Å². The van der Waals surface area contributed by atoms with Crippen LogP contribution in [0.15, 0.2) is 47.6 Å². The molecule has 0 heterocycles. The molecule has 0 bridgehead atoms. The maximum Gasteiger partial charge on any atom is 0.138 e. The van der Waals surface area contributed by atoms with Gasteiger partial charge in [-0.1, -0.05) is 40.5 Å². The van der Waals surface area contributed by atoms with Gasteiger partial charge in [0.2, 0.25) is 0 Å². The second-order valence-corrected chi connectivity index (χ2v) is 4.69. The minimum Gasteiger partial charge on any atom is -0.487 e. The summed E-state index contributed by atoms with van der Waals surface area (Å²) in [6, 6.07) is 12.5. The topological polar surface area (TPSA) is 41.8 Å². The quantitative estimate of drug-likeness (QED) is 0.517. The number of nitrogens with zero attached hydrogens (tertiary/aromatic N) is 1. The molecule has 0 aliphatic heterocycles. The van der Waals surface area contributed by atoms with Crippen molar-refractivity contribution in [1.29, 1.82) is 0 Å². The van der Waals surface area contributed by atoms with E-state index in [2.05, 4.69) is 5.16 Å². The first kappa shape index (κ1) is 13.7. The highest BCUT2D eigenvalue weighted by Gasteiger charge is 2.03. The predicted octanol–water partition coefficient (Wildman–Crippen LogP) is 4.38. The van der Waals surface area contributed by atoms with Crippen molar-refractivity contribution in [1.82, 2.24) is 0 Å². The van der Waals surface area contributed by atoms with E-state index in [0.29, 0.717) is 28.0 Å². The highest BCUT2D eigenvalue weighted by molar-refractivity contribution is 6.32. The highest BCUT2D eigenvalue weighted by atomic mass is 35.5. The zero-order valence-electron chi connectivity index (χ0n) is 9.88. The molecule has 2 aromatic rings. The van der Waals surface area contributed by atoms with Crippen molar-refractivity contribution in [3.63, 3.8) is 0 Å². The number of benzene rings is 2. The van der Waals surface area contributed by atoms with Crippen molar-refractivity contribution in [3.05, 3.63) is 63.6 Å². The molecule has 0 amide bonds. The van der Waals surface area contributed by atoms with Crippen LogP contribution in [0.5, 0.6) is 5.75 Å². The van der Waals surface area contributed by atoms with E-state index in [0.717, 1.165) is 5.56 Å². The summed E-state index contributed by atoms with van der Waals surface area (Å²) in [6.07, 6.45) is 1.30. The second-order valence-electron chi connectivity index (χ2n) is 3.85. The Hall–Kier alpha value is -1.71. The molecule has 0 atom stereocenters. The molecule has 0 aromatic heterocycles. The Kier molecular flexibility index (Phi) is 4.66. The van der Waals surface area contributed by atoms with E-state index >= 15 is 0 Å². The molecule has 0 fully saturated rings. The van der Waals surface area contributed by atoms with Crippen LogP contribution in [0, 0.1) is 0 Å². The number of oxime groups is 1. The molecule has 0 saturated carbocycles. The van der Waals surface area contributed by atoms with Gasteiger partial charge in [0, 0.05) is 5.02 Å². The fourth-order valence-corrected chi connectivity index (χ4v) is 1.89. The number of ether oxygens (including phenoxy) is 1. The average Bonchev–Trinajstić information content (AvgIpc) is 2.40. The molecule has 5 heteroatoms. The Labute approximate surface area is 121 Å². The molecule has 19 heavy (non-hydrogen) atoms. The molecular formula is C14H11Cl2NO2. The lowest BCUT2D eigenvalue weighted by atomic mass is 10.2. The van der Waals surface area contributed by atoms with Crippen molar-refractivity contribution < 1.29 is 9.94 Å². The largest absolute Gasteiger partial charge is 0.487 e. The fourth-order valence-electron chi connectivity index (χ4n) is 1.52. The molecule has 0 aliphatic carbocycles. The standard InChI is InChI=1S/C14H11Cl2NO2/c15-12-4-1-10(2-5-12)9-19-14-6-3-11(8-17-18)7-13(14)16/h1-8,18H,9H2/b17-8+. The van der Waals surface area contributed by atoms with E-state index < -0.39 is 0 Å². The molecule has 2 rings (SSSR count). The summed E-state index contributed by atoms with van der Waals surface area (Å²) in [6.45, 7) is 0.407. The van der Waals surface area contributed by atoms with Gasteiger partial charge < -0.3 is 9.94 Å². The van der Waals surface area contributed by atoms with Gasteiger partial charge in [-0.2, -0.15) is 0 Å². The van der Waals surface area contributed by atoms with Crippen LogP contribution in [-0.4, -0.2) is 11.4 Å². The number of halogens is 2. The molecule has 3 nitrogen and oxygen atoms in total. The molecule has 0 spiro atoms. The molecule has 98 valence electrons. The fraction of sp³-hybridized carbons (Fsp3) is 0.0714. The predicted molar refractivity (Wildman–Crippen MR) is 76.6 cm³/mol. The molecular weight excluding hydrogens is 285 g/mol. The third kappa shape index (κ3) is 3.88. The lowest BCUT2D eigenvalue weighted by Crippen LogP contribution is -1.96. The Bertz CT molecular complexity index is 582. The van der Waals surface area contributed by atoms with Crippen molar-refractivity contribution in [2.75, 3.05) is 0 Å². The third-order valence-corrected chi connectivity index (χ3v) is 3.02. The normalized spacial score (nSPS) is 10.8. The second kappa shape index (κ2) is 6.45. The Balaban J connectivity index is 2.05. The lowest BCUT2D eigenvalue weighted by Gasteiger charge is -2.08. The van der Waals surface area contributed by atoms with Gasteiger partial charge in [0.15, 0.2) is 0 Å². The SMILES string of the molecule is O/N=C/c1ccc(OCc2ccc(Cl)cc2)c(Cl)c1. The summed E-state index contributed by atoms with van der Waals surface area (Å²) in [5, 5.41) is 12.5. The summed E-state index contributed by atoms with van der Waals surface area (Å²) >= 11 is 11.9. The zero-order chi connectivity index (χ0) is 13.7. The van der Waals surface area contributed by atoms with E-state index in [9.17, 15) is 0 Å². The summed E-state index contributed by atoms with van der Waals surface area (Å²) in [5.74, 6) is 0.576. The van der Waals surface area contributed by atoms with Crippen LogP contribution in [0.2, 0.25) is 10.0 Å². The molecule has 0 radical (unpaired) electrons. The summed E-state index contributed by atoms with van der Waals surface area (Å²) in [7, 11) is 0. The van der Waals surface area contributed by atoms with E-state index in [-0.39, 0.29) is 0 Å². The third-order valence-electron chi connectivity index (χ3n) is 2.47. The van der Waals surface area contributed by atoms with Gasteiger partial charge in [0.1, 0.15) is 12.4 Å². The van der Waals surface area contributed by atoms with Gasteiger partial charge in [-0.15, -0.1) is 0 Å². The van der Waals surface area contributed by atoms with Gasteiger partial charge in [-0.3, -0.25) is 0 Å².